The molecule has 0 aliphatic heterocycles. The van der Waals surface area contributed by atoms with Crippen molar-refractivity contribution in [3.05, 3.63) is 46.3 Å². The van der Waals surface area contributed by atoms with Crippen LogP contribution in [0.3, 0.4) is 0 Å². The molecule has 106 valence electrons. The standard InChI is InChI=1S/C12H11ClN2O3S2/c1-8(14-16)9-3-2-4-10(7-9)15-20(17,18)12-6-5-11(13)19-12/h2-7,15-16H,1H3/b14-8+. The Kier molecular flexibility index (Phi) is 4.32. The van der Waals surface area contributed by atoms with E-state index in [-0.39, 0.29) is 4.21 Å². The Bertz CT molecular complexity index is 754. The minimum Gasteiger partial charge on any atom is -0.411 e. The van der Waals surface area contributed by atoms with Crippen LogP contribution in [0.1, 0.15) is 12.5 Å². The summed E-state index contributed by atoms with van der Waals surface area (Å²) < 4.78 is 27.3. The van der Waals surface area contributed by atoms with Crippen LogP contribution in [-0.2, 0) is 10.0 Å². The molecule has 0 saturated heterocycles. The van der Waals surface area contributed by atoms with Gasteiger partial charge in [-0.25, -0.2) is 8.42 Å². The summed E-state index contributed by atoms with van der Waals surface area (Å²) in [5.41, 5.74) is 1.40. The molecule has 2 rings (SSSR count). The predicted octanol–water partition coefficient (Wildman–Crippen LogP) is 3.40. The number of benzene rings is 1. The largest absolute Gasteiger partial charge is 0.411 e. The molecule has 0 spiro atoms. The summed E-state index contributed by atoms with van der Waals surface area (Å²) in [6.07, 6.45) is 0. The highest BCUT2D eigenvalue weighted by molar-refractivity contribution is 7.94. The summed E-state index contributed by atoms with van der Waals surface area (Å²) in [4.78, 5) is 0. The van der Waals surface area contributed by atoms with Crippen LogP contribution in [0.25, 0.3) is 0 Å². The number of halogens is 1. The molecule has 2 aromatic rings. The summed E-state index contributed by atoms with van der Waals surface area (Å²) in [5, 5.41) is 11.8. The normalized spacial score (nSPS) is 12.4. The first-order chi connectivity index (χ1) is 9.42. The molecule has 1 aromatic heterocycles. The third-order valence-corrected chi connectivity index (χ3v) is 5.60. The summed E-state index contributed by atoms with van der Waals surface area (Å²) >= 11 is 6.72. The van der Waals surface area contributed by atoms with Crippen LogP contribution in [0.15, 0.2) is 45.8 Å². The van der Waals surface area contributed by atoms with Gasteiger partial charge < -0.3 is 5.21 Å². The second kappa shape index (κ2) is 5.82. The Labute approximate surface area is 125 Å². The Balaban J connectivity index is 2.30. The molecule has 0 unspecified atom stereocenters. The number of nitrogens with zero attached hydrogens (tertiary/aromatic N) is 1. The quantitative estimate of drug-likeness (QED) is 0.512. The molecule has 5 nitrogen and oxygen atoms in total. The minimum atomic E-state index is -3.66. The molecule has 0 amide bonds. The van der Waals surface area contributed by atoms with E-state index in [0.717, 1.165) is 11.3 Å². The van der Waals surface area contributed by atoms with E-state index in [1.807, 2.05) is 0 Å². The first-order valence-corrected chi connectivity index (χ1v) is 8.17. The third kappa shape index (κ3) is 3.30. The second-order valence-corrected chi connectivity index (χ2v) is 7.55. The van der Waals surface area contributed by atoms with Crippen LogP contribution in [0, 0.1) is 0 Å². The number of hydrogen-bond donors (Lipinski definition) is 2. The SMILES string of the molecule is C/C(=N\O)c1cccc(NS(=O)(=O)c2ccc(Cl)s2)c1. The highest BCUT2D eigenvalue weighted by Gasteiger charge is 2.16. The fraction of sp³-hybridized carbons (Fsp3) is 0.0833. The van der Waals surface area contributed by atoms with E-state index in [9.17, 15) is 8.42 Å². The predicted molar refractivity (Wildman–Crippen MR) is 80.6 cm³/mol. The van der Waals surface area contributed by atoms with Gasteiger partial charge in [-0.15, -0.1) is 11.3 Å². The van der Waals surface area contributed by atoms with Crippen molar-refractivity contribution in [2.75, 3.05) is 4.72 Å². The fourth-order valence-electron chi connectivity index (χ4n) is 1.51. The van der Waals surface area contributed by atoms with Gasteiger partial charge in [0, 0.05) is 11.3 Å². The monoisotopic (exact) mass is 330 g/mol. The van der Waals surface area contributed by atoms with Crippen molar-refractivity contribution in [3.8, 4) is 0 Å². The smallest absolute Gasteiger partial charge is 0.271 e. The zero-order valence-electron chi connectivity index (χ0n) is 10.4. The van der Waals surface area contributed by atoms with Crippen molar-refractivity contribution < 1.29 is 13.6 Å². The van der Waals surface area contributed by atoms with Gasteiger partial charge in [0.25, 0.3) is 10.0 Å². The first-order valence-electron chi connectivity index (χ1n) is 5.49. The lowest BCUT2D eigenvalue weighted by Crippen LogP contribution is -2.11. The Morgan fingerprint density at radius 2 is 2.10 bits per heavy atom. The van der Waals surface area contributed by atoms with E-state index < -0.39 is 10.0 Å². The molecule has 1 heterocycles. The average molecular weight is 331 g/mol. The maximum atomic E-state index is 12.1. The number of nitrogens with one attached hydrogen (secondary N) is 1. The van der Waals surface area contributed by atoms with E-state index in [1.54, 1.807) is 31.2 Å². The molecular weight excluding hydrogens is 320 g/mol. The minimum absolute atomic E-state index is 0.139. The summed E-state index contributed by atoms with van der Waals surface area (Å²) in [6, 6.07) is 9.56. The molecule has 0 aliphatic carbocycles. The van der Waals surface area contributed by atoms with E-state index >= 15 is 0 Å². The van der Waals surface area contributed by atoms with Crippen LogP contribution in [0.5, 0.6) is 0 Å². The van der Waals surface area contributed by atoms with E-state index in [1.165, 1.54) is 12.1 Å². The maximum absolute atomic E-state index is 12.1. The lowest BCUT2D eigenvalue weighted by atomic mass is 10.1. The van der Waals surface area contributed by atoms with Crippen molar-refractivity contribution in [1.29, 1.82) is 0 Å². The van der Waals surface area contributed by atoms with Crippen LogP contribution in [-0.4, -0.2) is 19.3 Å². The van der Waals surface area contributed by atoms with E-state index in [4.69, 9.17) is 16.8 Å². The van der Waals surface area contributed by atoms with Gasteiger partial charge in [0.05, 0.1) is 10.0 Å². The summed E-state index contributed by atoms with van der Waals surface area (Å²) in [5.74, 6) is 0. The van der Waals surface area contributed by atoms with Crippen molar-refractivity contribution in [2.24, 2.45) is 5.16 Å². The molecule has 8 heteroatoms. The molecule has 0 bridgehead atoms. The molecule has 0 saturated carbocycles. The van der Waals surface area contributed by atoms with Gasteiger partial charge in [-0.2, -0.15) is 0 Å². The highest BCUT2D eigenvalue weighted by Crippen LogP contribution is 2.27. The van der Waals surface area contributed by atoms with Gasteiger partial charge >= 0.3 is 0 Å². The number of thiophene rings is 1. The second-order valence-electron chi connectivity index (χ2n) is 3.93. The third-order valence-electron chi connectivity index (χ3n) is 2.50. The number of rotatable bonds is 4. The Morgan fingerprint density at radius 1 is 1.35 bits per heavy atom. The summed E-state index contributed by atoms with van der Waals surface area (Å²) in [7, 11) is -3.66. The highest BCUT2D eigenvalue weighted by atomic mass is 35.5. The van der Waals surface area contributed by atoms with Crippen molar-refractivity contribution in [1.82, 2.24) is 0 Å². The van der Waals surface area contributed by atoms with Gasteiger partial charge in [0.2, 0.25) is 0 Å². The molecule has 0 fully saturated rings. The van der Waals surface area contributed by atoms with Gasteiger partial charge in [-0.3, -0.25) is 4.72 Å². The summed E-state index contributed by atoms with van der Waals surface area (Å²) in [6.45, 7) is 1.62. The molecule has 20 heavy (non-hydrogen) atoms. The fourth-order valence-corrected chi connectivity index (χ4v) is 4.05. The lowest BCUT2D eigenvalue weighted by Gasteiger charge is -2.07. The van der Waals surface area contributed by atoms with Crippen LogP contribution in [0.4, 0.5) is 5.69 Å². The number of sulfonamides is 1. The van der Waals surface area contributed by atoms with E-state index in [0.29, 0.717) is 21.3 Å². The van der Waals surface area contributed by atoms with Gasteiger partial charge in [0.1, 0.15) is 4.21 Å². The number of oxime groups is 1. The molecule has 0 aliphatic rings. The van der Waals surface area contributed by atoms with Crippen LogP contribution < -0.4 is 4.72 Å². The van der Waals surface area contributed by atoms with Gasteiger partial charge in [-0.1, -0.05) is 28.9 Å². The molecule has 1 aromatic carbocycles. The molecule has 0 radical (unpaired) electrons. The number of hydrogen-bond acceptors (Lipinski definition) is 5. The van der Waals surface area contributed by atoms with Crippen molar-refractivity contribution >= 4 is 44.4 Å². The molecular formula is C12H11ClN2O3S2. The van der Waals surface area contributed by atoms with Gasteiger partial charge in [0.15, 0.2) is 0 Å². The van der Waals surface area contributed by atoms with Crippen LogP contribution >= 0.6 is 22.9 Å². The zero-order chi connectivity index (χ0) is 14.8. The van der Waals surface area contributed by atoms with Crippen molar-refractivity contribution in [3.63, 3.8) is 0 Å². The topological polar surface area (TPSA) is 78.8 Å². The van der Waals surface area contributed by atoms with Crippen LogP contribution in [0.2, 0.25) is 4.34 Å². The lowest BCUT2D eigenvalue weighted by molar-refractivity contribution is 0.319. The Hall–Kier alpha value is -1.57. The zero-order valence-corrected chi connectivity index (χ0v) is 12.8. The van der Waals surface area contributed by atoms with Gasteiger partial charge in [-0.05, 0) is 31.2 Å². The molecule has 0 atom stereocenters. The van der Waals surface area contributed by atoms with E-state index in [2.05, 4.69) is 9.88 Å². The molecule has 2 N–H and O–H groups in total. The maximum Gasteiger partial charge on any atom is 0.271 e. The van der Waals surface area contributed by atoms with Crippen molar-refractivity contribution in [2.45, 2.75) is 11.1 Å². The Morgan fingerprint density at radius 3 is 2.70 bits per heavy atom. The first kappa shape index (κ1) is 14.8. The number of anilines is 1. The average Bonchev–Trinajstić information content (AvgIpc) is 2.85.